The largest absolute Gasteiger partial charge is 0.503 e. The summed E-state index contributed by atoms with van der Waals surface area (Å²) < 4.78 is 36.9. The number of nitrogens with zero attached hydrogens (tertiary/aromatic N) is 1. The van der Waals surface area contributed by atoms with Gasteiger partial charge in [0.15, 0.2) is 5.76 Å². The van der Waals surface area contributed by atoms with Gasteiger partial charge in [-0.3, -0.25) is 9.59 Å². The smallest absolute Gasteiger partial charge is 0.389 e. The summed E-state index contributed by atoms with van der Waals surface area (Å²) in [6.07, 6.45) is 5.41. The van der Waals surface area contributed by atoms with E-state index in [1.54, 1.807) is 6.08 Å². The maximum atomic E-state index is 12.5. The second-order valence-electron chi connectivity index (χ2n) is 7.83. The molecule has 2 rings (SSSR count). The van der Waals surface area contributed by atoms with Crippen LogP contribution in [0, 0.1) is 5.92 Å². The Morgan fingerprint density at radius 1 is 1.27 bits per heavy atom. The van der Waals surface area contributed by atoms with Crippen LogP contribution in [0.25, 0.3) is 0 Å². The van der Waals surface area contributed by atoms with Crippen molar-refractivity contribution in [3.05, 3.63) is 47.8 Å². The van der Waals surface area contributed by atoms with Crippen molar-refractivity contribution in [1.82, 2.24) is 10.2 Å². The number of alkyl halides is 3. The van der Waals surface area contributed by atoms with Crippen LogP contribution in [0.4, 0.5) is 13.2 Å². The Labute approximate surface area is 175 Å². The highest BCUT2D eigenvalue weighted by molar-refractivity contribution is 6.07. The standard InChI is InChI=1S/C22H29F3N2O3/c1-3-4-5-7-15(2)16-8-10-17(11-9-16)26-20(29)18-14-27(21(30)19(18)28)13-6-12-22(23,24)25/h3-5,7,16-17,28H,1,6,8-14H2,2H3,(H,26,29)/b5-4-,15-7+. The summed E-state index contributed by atoms with van der Waals surface area (Å²) >= 11 is 0. The molecule has 5 nitrogen and oxygen atoms in total. The highest BCUT2D eigenvalue weighted by Crippen LogP contribution is 2.30. The van der Waals surface area contributed by atoms with Crippen molar-refractivity contribution in [1.29, 1.82) is 0 Å². The van der Waals surface area contributed by atoms with E-state index in [0.29, 0.717) is 5.92 Å². The van der Waals surface area contributed by atoms with Gasteiger partial charge in [0.1, 0.15) is 0 Å². The van der Waals surface area contributed by atoms with E-state index in [4.69, 9.17) is 0 Å². The Morgan fingerprint density at radius 2 is 1.93 bits per heavy atom. The van der Waals surface area contributed by atoms with E-state index in [0.717, 1.165) is 30.6 Å². The molecule has 1 aliphatic heterocycles. The van der Waals surface area contributed by atoms with Crippen LogP contribution in [0.15, 0.2) is 47.8 Å². The number of allylic oxidation sites excluding steroid dienone is 5. The second kappa shape index (κ2) is 10.5. The summed E-state index contributed by atoms with van der Waals surface area (Å²) in [6, 6.07) is -0.0556. The number of rotatable bonds is 8. The molecule has 1 fully saturated rings. The molecule has 166 valence electrons. The van der Waals surface area contributed by atoms with E-state index in [1.807, 2.05) is 12.2 Å². The molecule has 0 bridgehead atoms. The topological polar surface area (TPSA) is 69.6 Å². The Bertz CT molecular complexity index is 745. The molecule has 8 heteroatoms. The normalized spacial score (nSPS) is 23.4. The molecule has 0 unspecified atom stereocenters. The van der Waals surface area contributed by atoms with Gasteiger partial charge in [0, 0.05) is 19.0 Å². The number of aliphatic hydroxyl groups excluding tert-OH is 1. The first kappa shape index (κ1) is 23.8. The van der Waals surface area contributed by atoms with E-state index in [-0.39, 0.29) is 31.1 Å². The van der Waals surface area contributed by atoms with E-state index in [9.17, 15) is 27.9 Å². The monoisotopic (exact) mass is 426 g/mol. The number of nitrogens with one attached hydrogen (secondary N) is 1. The zero-order chi connectivity index (χ0) is 22.3. The van der Waals surface area contributed by atoms with Crippen LogP contribution in [0.1, 0.15) is 45.4 Å². The maximum absolute atomic E-state index is 12.5. The van der Waals surface area contributed by atoms with Gasteiger partial charge in [0.25, 0.3) is 11.8 Å². The number of carbonyl (C=O) groups excluding carboxylic acids is 2. The predicted molar refractivity (Wildman–Crippen MR) is 109 cm³/mol. The number of carbonyl (C=O) groups is 2. The maximum Gasteiger partial charge on any atom is 0.389 e. The molecule has 30 heavy (non-hydrogen) atoms. The van der Waals surface area contributed by atoms with Gasteiger partial charge in [-0.15, -0.1) is 0 Å². The average molecular weight is 426 g/mol. The molecule has 1 saturated carbocycles. The molecule has 2 aliphatic rings. The van der Waals surface area contributed by atoms with E-state index in [1.165, 1.54) is 5.57 Å². The molecule has 0 saturated heterocycles. The molecular formula is C22H29F3N2O3. The lowest BCUT2D eigenvalue weighted by molar-refractivity contribution is -0.139. The molecule has 0 aromatic rings. The number of hydrogen-bond donors (Lipinski definition) is 2. The number of hydrogen-bond acceptors (Lipinski definition) is 3. The van der Waals surface area contributed by atoms with Gasteiger partial charge in [-0.1, -0.05) is 36.5 Å². The molecule has 0 radical (unpaired) electrons. The first-order valence-electron chi connectivity index (χ1n) is 10.2. The van der Waals surface area contributed by atoms with Gasteiger partial charge < -0.3 is 15.3 Å². The Balaban J connectivity index is 1.83. The summed E-state index contributed by atoms with van der Waals surface area (Å²) in [6.45, 7) is 5.39. The van der Waals surface area contributed by atoms with E-state index < -0.39 is 30.2 Å². The molecule has 2 amide bonds. The van der Waals surface area contributed by atoms with Gasteiger partial charge in [0.05, 0.1) is 12.1 Å². The van der Waals surface area contributed by atoms with Crippen LogP contribution in [0.5, 0.6) is 0 Å². The summed E-state index contributed by atoms with van der Waals surface area (Å²) in [5.41, 5.74) is 1.20. The molecular weight excluding hydrogens is 397 g/mol. The van der Waals surface area contributed by atoms with Crippen LogP contribution in [0.2, 0.25) is 0 Å². The van der Waals surface area contributed by atoms with Crippen molar-refractivity contribution < 1.29 is 27.9 Å². The third kappa shape index (κ3) is 6.78. The molecule has 1 aliphatic carbocycles. The van der Waals surface area contributed by atoms with Crippen molar-refractivity contribution >= 4 is 11.8 Å². The summed E-state index contributed by atoms with van der Waals surface area (Å²) in [7, 11) is 0. The minimum absolute atomic E-state index is 0.0556. The Hall–Kier alpha value is -2.51. The van der Waals surface area contributed by atoms with Gasteiger partial charge >= 0.3 is 6.18 Å². The number of amides is 2. The fourth-order valence-corrected chi connectivity index (χ4v) is 3.83. The lowest BCUT2D eigenvalue weighted by atomic mass is 9.81. The molecule has 1 heterocycles. The van der Waals surface area contributed by atoms with Crippen molar-refractivity contribution in [2.45, 2.75) is 57.7 Å². The molecule has 0 spiro atoms. The zero-order valence-corrected chi connectivity index (χ0v) is 17.2. The van der Waals surface area contributed by atoms with Crippen molar-refractivity contribution in [2.75, 3.05) is 13.1 Å². The van der Waals surface area contributed by atoms with Crippen molar-refractivity contribution in [2.24, 2.45) is 5.92 Å². The van der Waals surface area contributed by atoms with Crippen LogP contribution in [-0.4, -0.2) is 47.1 Å². The average Bonchev–Trinajstić information content (AvgIpc) is 2.96. The predicted octanol–water partition coefficient (Wildman–Crippen LogP) is 4.35. The van der Waals surface area contributed by atoms with Gasteiger partial charge in [0.2, 0.25) is 0 Å². The molecule has 0 aromatic heterocycles. The SMILES string of the molecule is C=C/C=C\C=C(/C)C1CCC(NC(=O)C2=C(O)C(=O)N(CCCC(F)(F)F)C2)CC1. The Kier molecular flexibility index (Phi) is 8.32. The number of aliphatic hydroxyl groups is 1. The molecule has 2 N–H and O–H groups in total. The van der Waals surface area contributed by atoms with Crippen LogP contribution < -0.4 is 5.32 Å². The summed E-state index contributed by atoms with van der Waals surface area (Å²) in [4.78, 5) is 25.6. The van der Waals surface area contributed by atoms with Crippen molar-refractivity contribution in [3.63, 3.8) is 0 Å². The first-order chi connectivity index (χ1) is 14.1. The minimum atomic E-state index is -4.30. The summed E-state index contributed by atoms with van der Waals surface area (Å²) in [5.74, 6) is -1.54. The van der Waals surface area contributed by atoms with Crippen LogP contribution in [-0.2, 0) is 9.59 Å². The number of halogens is 3. The summed E-state index contributed by atoms with van der Waals surface area (Å²) in [5, 5.41) is 12.9. The fraction of sp³-hybridized carbons (Fsp3) is 0.545. The van der Waals surface area contributed by atoms with Crippen LogP contribution in [0.3, 0.4) is 0 Å². The van der Waals surface area contributed by atoms with Gasteiger partial charge in [-0.2, -0.15) is 13.2 Å². The van der Waals surface area contributed by atoms with Gasteiger partial charge in [-0.25, -0.2) is 0 Å². The second-order valence-corrected chi connectivity index (χ2v) is 7.83. The first-order valence-corrected chi connectivity index (χ1v) is 10.2. The lowest BCUT2D eigenvalue weighted by Crippen LogP contribution is -2.39. The highest BCUT2D eigenvalue weighted by Gasteiger charge is 2.35. The highest BCUT2D eigenvalue weighted by atomic mass is 19.4. The van der Waals surface area contributed by atoms with E-state index >= 15 is 0 Å². The fourth-order valence-electron chi connectivity index (χ4n) is 3.83. The Morgan fingerprint density at radius 3 is 2.53 bits per heavy atom. The van der Waals surface area contributed by atoms with E-state index in [2.05, 4.69) is 24.9 Å². The van der Waals surface area contributed by atoms with Crippen LogP contribution >= 0.6 is 0 Å². The van der Waals surface area contributed by atoms with Gasteiger partial charge in [-0.05, 0) is 44.9 Å². The zero-order valence-electron chi connectivity index (χ0n) is 17.2. The minimum Gasteiger partial charge on any atom is -0.503 e. The molecule has 0 atom stereocenters. The molecule has 0 aromatic carbocycles. The van der Waals surface area contributed by atoms with Crippen molar-refractivity contribution in [3.8, 4) is 0 Å². The lowest BCUT2D eigenvalue weighted by Gasteiger charge is -2.29. The quantitative estimate of drug-likeness (QED) is 0.567. The third-order valence-electron chi connectivity index (χ3n) is 5.60. The third-order valence-corrected chi connectivity index (χ3v) is 5.60.